The molecule has 212 valence electrons. The predicted octanol–water partition coefficient (Wildman–Crippen LogP) is 5.84. The van der Waals surface area contributed by atoms with Gasteiger partial charge < -0.3 is 28.8 Å². The van der Waals surface area contributed by atoms with Crippen LogP contribution in [0.1, 0.15) is 84.5 Å². The highest BCUT2D eigenvalue weighted by Crippen LogP contribution is 2.52. The first-order valence-electron chi connectivity index (χ1n) is 14.7. The molecular weight excluding hydrogens is 484 g/mol. The van der Waals surface area contributed by atoms with Crippen LogP contribution in [-0.2, 0) is 28.5 Å². The lowest BCUT2D eigenvalue weighted by molar-refractivity contribution is -0.201. The first kappa shape index (κ1) is 29.1. The minimum Gasteiger partial charge on any atom is -0.480 e. The summed E-state index contributed by atoms with van der Waals surface area (Å²) in [5.41, 5.74) is 1.35. The Morgan fingerprint density at radius 3 is 2.63 bits per heavy atom. The van der Waals surface area contributed by atoms with E-state index in [0.717, 1.165) is 89.6 Å². The van der Waals surface area contributed by atoms with Crippen LogP contribution in [0.5, 0.6) is 0 Å². The quantitative estimate of drug-likeness (QED) is 0.139. The molecule has 4 aliphatic rings. The van der Waals surface area contributed by atoms with Gasteiger partial charge >= 0.3 is 5.97 Å². The van der Waals surface area contributed by atoms with Crippen molar-refractivity contribution in [3.63, 3.8) is 0 Å². The average molecular weight is 531 g/mol. The number of hydrogen-bond acceptors (Lipinski definition) is 6. The lowest BCUT2D eigenvalue weighted by atomic mass is 9.86. The fourth-order valence-corrected chi connectivity index (χ4v) is 6.27. The molecule has 7 nitrogen and oxygen atoms in total. The van der Waals surface area contributed by atoms with E-state index >= 15 is 0 Å². The number of allylic oxidation sites excluding steroid dienone is 2. The summed E-state index contributed by atoms with van der Waals surface area (Å²) in [7, 11) is 0. The van der Waals surface area contributed by atoms with E-state index in [2.05, 4.69) is 30.9 Å². The third kappa shape index (κ3) is 8.58. The summed E-state index contributed by atoms with van der Waals surface area (Å²) >= 11 is 0. The molecule has 3 unspecified atom stereocenters. The summed E-state index contributed by atoms with van der Waals surface area (Å²) in [6.45, 7) is 5.83. The van der Waals surface area contributed by atoms with E-state index in [1.54, 1.807) is 0 Å². The van der Waals surface area contributed by atoms with E-state index in [1.807, 2.05) is 6.92 Å². The zero-order valence-corrected chi connectivity index (χ0v) is 23.2. The van der Waals surface area contributed by atoms with Gasteiger partial charge in [0.1, 0.15) is 12.4 Å². The highest BCUT2D eigenvalue weighted by molar-refractivity contribution is 5.67. The van der Waals surface area contributed by atoms with Crippen LogP contribution in [0.25, 0.3) is 0 Å². The lowest BCUT2D eigenvalue weighted by Crippen LogP contribution is -2.34. The summed E-state index contributed by atoms with van der Waals surface area (Å²) in [5, 5.41) is 8.87. The standard InChI is InChI=1S/C31H46O7/c1-3-4-9-22(2)12-13-26(37-29-10-5-7-15-35-29)31-25-19-23(14-17-34-21-28(32)33)18-24(25)20-27(31)38-30-11-6-8-16-36-30/h13,18,22,24-25,27,29-31H,5-12,14-17,19-21H2,1-2H3,(H,32,33)/t22?,24-,25-,27+,29?,30?,31-/m1/s1. The van der Waals surface area contributed by atoms with Gasteiger partial charge in [-0.25, -0.2) is 4.79 Å². The van der Waals surface area contributed by atoms with Gasteiger partial charge in [-0.1, -0.05) is 18.6 Å². The van der Waals surface area contributed by atoms with E-state index < -0.39 is 5.97 Å². The minimum atomic E-state index is -0.928. The van der Waals surface area contributed by atoms with Crippen LogP contribution in [0.3, 0.4) is 0 Å². The lowest BCUT2D eigenvalue weighted by Gasteiger charge is -2.34. The van der Waals surface area contributed by atoms with Gasteiger partial charge in [0.2, 0.25) is 0 Å². The Balaban J connectivity index is 1.51. The van der Waals surface area contributed by atoms with E-state index in [9.17, 15) is 4.79 Å². The van der Waals surface area contributed by atoms with Crippen molar-refractivity contribution in [2.24, 2.45) is 23.7 Å². The zero-order valence-electron chi connectivity index (χ0n) is 23.2. The van der Waals surface area contributed by atoms with Crippen LogP contribution >= 0.6 is 0 Å². The average Bonchev–Trinajstić information content (AvgIpc) is 3.46. The molecule has 0 spiro atoms. The molecule has 2 heterocycles. The van der Waals surface area contributed by atoms with Crippen LogP contribution in [0.2, 0.25) is 0 Å². The Hall–Kier alpha value is -1.85. The van der Waals surface area contributed by atoms with Crippen molar-refractivity contribution in [3.05, 3.63) is 23.5 Å². The van der Waals surface area contributed by atoms with Gasteiger partial charge in [-0.05, 0) is 88.5 Å². The number of aliphatic carboxylic acids is 1. The van der Waals surface area contributed by atoms with Crippen molar-refractivity contribution >= 4 is 5.97 Å². The Morgan fingerprint density at radius 1 is 1.18 bits per heavy atom. The molecule has 0 bridgehead atoms. The molecule has 0 aromatic rings. The Kier molecular flexibility index (Phi) is 11.6. The maximum atomic E-state index is 10.8. The van der Waals surface area contributed by atoms with Gasteiger partial charge in [-0.15, -0.1) is 11.8 Å². The molecule has 3 fully saturated rings. The Bertz CT molecular complexity index is 872. The van der Waals surface area contributed by atoms with Crippen LogP contribution in [-0.4, -0.2) is 56.2 Å². The second kappa shape index (κ2) is 15.1. The third-order valence-corrected chi connectivity index (χ3v) is 8.20. The highest BCUT2D eigenvalue weighted by atomic mass is 16.7. The van der Waals surface area contributed by atoms with Crippen molar-refractivity contribution in [2.45, 2.75) is 103 Å². The molecule has 2 saturated heterocycles. The molecular formula is C31H46O7. The van der Waals surface area contributed by atoms with Crippen LogP contribution in [0.4, 0.5) is 0 Å². The maximum absolute atomic E-state index is 10.8. The van der Waals surface area contributed by atoms with E-state index in [1.165, 1.54) is 5.57 Å². The van der Waals surface area contributed by atoms with Crippen molar-refractivity contribution in [2.75, 3.05) is 26.4 Å². The number of fused-ring (bicyclic) bond motifs is 1. The van der Waals surface area contributed by atoms with Crippen molar-refractivity contribution < 1.29 is 33.6 Å². The fraction of sp³-hybridized carbons (Fsp3) is 0.774. The molecule has 4 rings (SSSR count). The summed E-state index contributed by atoms with van der Waals surface area (Å²) in [5.74, 6) is 7.69. The Labute approximate surface area is 228 Å². The van der Waals surface area contributed by atoms with Gasteiger partial charge in [0.25, 0.3) is 0 Å². The molecule has 2 aliphatic heterocycles. The number of carbonyl (C=O) groups is 1. The molecule has 0 amide bonds. The summed E-state index contributed by atoms with van der Waals surface area (Å²) < 4.78 is 30.7. The molecule has 7 atom stereocenters. The second-order valence-corrected chi connectivity index (χ2v) is 11.3. The molecule has 1 N–H and O–H groups in total. The molecule has 38 heavy (non-hydrogen) atoms. The van der Waals surface area contributed by atoms with E-state index in [-0.39, 0.29) is 31.2 Å². The van der Waals surface area contributed by atoms with Gasteiger partial charge in [0.05, 0.1) is 19.3 Å². The minimum absolute atomic E-state index is 0.0368. The molecule has 0 aromatic heterocycles. The molecule has 0 radical (unpaired) electrons. The number of hydrogen-bond donors (Lipinski definition) is 1. The zero-order chi connectivity index (χ0) is 26.7. The first-order chi connectivity index (χ1) is 18.5. The second-order valence-electron chi connectivity index (χ2n) is 11.3. The normalized spacial score (nSPS) is 32.2. The van der Waals surface area contributed by atoms with Crippen molar-refractivity contribution in [3.8, 4) is 11.8 Å². The highest BCUT2D eigenvalue weighted by Gasteiger charge is 2.49. The van der Waals surface area contributed by atoms with Crippen molar-refractivity contribution in [1.82, 2.24) is 0 Å². The number of ether oxygens (including phenoxy) is 5. The van der Waals surface area contributed by atoms with Crippen molar-refractivity contribution in [1.29, 1.82) is 0 Å². The maximum Gasteiger partial charge on any atom is 0.329 e. The van der Waals surface area contributed by atoms with Crippen LogP contribution < -0.4 is 0 Å². The SMILES string of the molecule is CC#CCC(C)CC=C(OC1CCCCO1)[C@H]1[C@@H]2CC(CCOCC(=O)O)=C[C@@H]2C[C@@H]1OC1CCCCO1. The molecule has 0 aromatic carbocycles. The fourth-order valence-electron chi connectivity index (χ4n) is 6.27. The summed E-state index contributed by atoms with van der Waals surface area (Å²) in [6.07, 6.45) is 15.1. The Morgan fingerprint density at radius 2 is 1.95 bits per heavy atom. The van der Waals surface area contributed by atoms with Crippen LogP contribution in [0.15, 0.2) is 23.5 Å². The third-order valence-electron chi connectivity index (χ3n) is 8.20. The van der Waals surface area contributed by atoms with Gasteiger partial charge in [-0.3, -0.25) is 0 Å². The van der Waals surface area contributed by atoms with Gasteiger partial charge in [-0.2, -0.15) is 0 Å². The predicted molar refractivity (Wildman–Crippen MR) is 144 cm³/mol. The number of carboxylic acid groups (broad SMARTS) is 1. The summed E-state index contributed by atoms with van der Waals surface area (Å²) in [4.78, 5) is 10.8. The topological polar surface area (TPSA) is 83.5 Å². The smallest absolute Gasteiger partial charge is 0.329 e. The molecule has 1 saturated carbocycles. The molecule has 7 heteroatoms. The molecule has 2 aliphatic carbocycles. The largest absolute Gasteiger partial charge is 0.480 e. The first-order valence-corrected chi connectivity index (χ1v) is 14.7. The monoisotopic (exact) mass is 530 g/mol. The van der Waals surface area contributed by atoms with Crippen LogP contribution in [0, 0.1) is 35.5 Å². The van der Waals surface area contributed by atoms with Gasteiger partial charge in [0.15, 0.2) is 12.6 Å². The van der Waals surface area contributed by atoms with E-state index in [4.69, 9.17) is 28.8 Å². The number of rotatable bonds is 13. The number of carboxylic acids is 1. The van der Waals surface area contributed by atoms with E-state index in [0.29, 0.717) is 24.4 Å². The summed E-state index contributed by atoms with van der Waals surface area (Å²) in [6, 6.07) is 0. The van der Waals surface area contributed by atoms with Gasteiger partial charge in [0, 0.05) is 25.4 Å².